The maximum atomic E-state index is 6.49. The van der Waals surface area contributed by atoms with Crippen LogP contribution in [0.3, 0.4) is 0 Å². The van der Waals surface area contributed by atoms with E-state index in [-0.39, 0.29) is 0 Å². The third-order valence-corrected chi connectivity index (χ3v) is 7.32. The van der Waals surface area contributed by atoms with Gasteiger partial charge in [-0.15, -0.1) is 0 Å². The highest BCUT2D eigenvalue weighted by molar-refractivity contribution is 6.33. The minimum atomic E-state index is 0.559. The van der Waals surface area contributed by atoms with Crippen LogP contribution in [0.2, 0.25) is 5.02 Å². The van der Waals surface area contributed by atoms with E-state index in [1.54, 1.807) is 0 Å². The molecule has 0 aliphatic heterocycles. The van der Waals surface area contributed by atoms with E-state index in [9.17, 15) is 0 Å². The second-order valence-corrected chi connectivity index (χ2v) is 10.7. The summed E-state index contributed by atoms with van der Waals surface area (Å²) in [5.74, 6) is 3.29. The molecular formula is C34H43ClN2O2. The number of hydrogen-bond donors (Lipinski definition) is 0. The summed E-state index contributed by atoms with van der Waals surface area (Å²) in [4.78, 5) is 9.13. The Hall–Kier alpha value is -3.11. The van der Waals surface area contributed by atoms with E-state index in [0.717, 1.165) is 66.2 Å². The fourth-order valence-corrected chi connectivity index (χ4v) is 4.15. The number of rotatable bonds is 16. The summed E-state index contributed by atoms with van der Waals surface area (Å²) in [6, 6.07) is 21.6. The third kappa shape index (κ3) is 11.3. The van der Waals surface area contributed by atoms with Crippen LogP contribution in [0.5, 0.6) is 11.5 Å². The minimum Gasteiger partial charge on any atom is -0.494 e. The quantitative estimate of drug-likeness (QED) is 0.132. The summed E-state index contributed by atoms with van der Waals surface area (Å²) >= 11 is 6.49. The van der Waals surface area contributed by atoms with Crippen LogP contribution in [-0.4, -0.2) is 25.6 Å². The highest BCUT2D eigenvalue weighted by Crippen LogP contribution is 2.29. The standard InChI is InChI=1S/C34H43ClN2O2/c1-5-26(3)9-7-21-38-31-16-11-28(12-17-31)24-36-30-15-20-34(33(35)23-30)37-25-29-13-18-32(19-14-29)39-22-8-10-27(4)6-2/h11-20,23-27H,5-10,21-22H2,1-4H3/t26-,27+/m1/s1. The maximum absolute atomic E-state index is 6.49. The average molecular weight is 547 g/mol. The summed E-state index contributed by atoms with van der Waals surface area (Å²) in [5, 5.41) is 0.559. The zero-order valence-electron chi connectivity index (χ0n) is 23.9. The van der Waals surface area contributed by atoms with Gasteiger partial charge in [-0.25, -0.2) is 0 Å². The number of aliphatic imine (C=N–C) groups is 2. The Bertz CT molecular complexity index is 1170. The molecule has 4 nitrogen and oxygen atoms in total. The van der Waals surface area contributed by atoms with Gasteiger partial charge in [-0.05, 0) is 115 Å². The molecule has 0 amide bonds. The fraction of sp³-hybridized carbons (Fsp3) is 0.412. The van der Waals surface area contributed by atoms with E-state index < -0.39 is 0 Å². The summed E-state index contributed by atoms with van der Waals surface area (Å²) in [6.07, 6.45) is 10.6. The van der Waals surface area contributed by atoms with Crippen LogP contribution in [-0.2, 0) is 0 Å². The molecule has 0 bridgehead atoms. The fourth-order valence-electron chi connectivity index (χ4n) is 3.93. The highest BCUT2D eigenvalue weighted by Gasteiger charge is 2.02. The lowest BCUT2D eigenvalue weighted by atomic mass is 10.0. The monoisotopic (exact) mass is 546 g/mol. The molecule has 0 saturated carbocycles. The Kier molecular flexibility index (Phi) is 13.1. The number of halogens is 1. The first-order chi connectivity index (χ1) is 19.0. The van der Waals surface area contributed by atoms with Crippen LogP contribution in [0.4, 0.5) is 11.4 Å². The van der Waals surface area contributed by atoms with Crippen LogP contribution in [0.25, 0.3) is 0 Å². The maximum Gasteiger partial charge on any atom is 0.119 e. The molecule has 0 spiro atoms. The number of hydrogen-bond acceptors (Lipinski definition) is 4. The number of benzene rings is 3. The lowest BCUT2D eigenvalue weighted by Gasteiger charge is -2.09. The molecule has 0 radical (unpaired) electrons. The summed E-state index contributed by atoms with van der Waals surface area (Å²) in [7, 11) is 0. The lowest BCUT2D eigenvalue weighted by Crippen LogP contribution is -2.00. The first-order valence-electron chi connectivity index (χ1n) is 14.3. The molecular weight excluding hydrogens is 504 g/mol. The van der Waals surface area contributed by atoms with E-state index in [0.29, 0.717) is 10.7 Å². The van der Waals surface area contributed by atoms with Crippen LogP contribution < -0.4 is 9.47 Å². The van der Waals surface area contributed by atoms with Crippen LogP contribution >= 0.6 is 11.6 Å². The van der Waals surface area contributed by atoms with E-state index in [4.69, 9.17) is 21.1 Å². The third-order valence-electron chi connectivity index (χ3n) is 7.02. The summed E-state index contributed by atoms with van der Waals surface area (Å²) in [5.41, 5.74) is 3.47. The Morgan fingerprint density at radius 3 is 1.64 bits per heavy atom. The first kappa shape index (κ1) is 30.4. The molecule has 0 aromatic heterocycles. The molecule has 0 saturated heterocycles. The molecule has 3 aromatic rings. The Morgan fingerprint density at radius 2 is 1.18 bits per heavy atom. The van der Waals surface area contributed by atoms with Crippen LogP contribution in [0, 0.1) is 11.8 Å². The topological polar surface area (TPSA) is 43.2 Å². The van der Waals surface area contributed by atoms with E-state index in [1.807, 2.05) is 79.2 Å². The Balaban J connectivity index is 1.47. The van der Waals surface area contributed by atoms with Gasteiger partial charge in [0, 0.05) is 12.4 Å². The molecule has 0 heterocycles. The SMILES string of the molecule is CC[C@@H](C)CCCOc1ccc(C=Nc2ccc(N=Cc3ccc(OCCC[C@@H](C)CC)cc3)c(Cl)c2)cc1. The molecule has 0 unspecified atom stereocenters. The zero-order chi connectivity index (χ0) is 27.9. The molecule has 0 aliphatic carbocycles. The predicted molar refractivity (Wildman–Crippen MR) is 167 cm³/mol. The van der Waals surface area contributed by atoms with Gasteiger partial charge >= 0.3 is 0 Å². The van der Waals surface area contributed by atoms with Crippen molar-refractivity contribution in [3.63, 3.8) is 0 Å². The second kappa shape index (κ2) is 16.8. The largest absolute Gasteiger partial charge is 0.494 e. The van der Waals surface area contributed by atoms with Crippen molar-refractivity contribution in [1.29, 1.82) is 0 Å². The van der Waals surface area contributed by atoms with Gasteiger partial charge < -0.3 is 9.47 Å². The molecule has 0 fully saturated rings. The zero-order valence-corrected chi connectivity index (χ0v) is 24.7. The van der Waals surface area contributed by atoms with Crippen LogP contribution in [0.1, 0.15) is 77.3 Å². The molecule has 2 atom stereocenters. The average Bonchev–Trinajstić information content (AvgIpc) is 2.96. The molecule has 3 rings (SSSR count). The van der Waals surface area contributed by atoms with Gasteiger partial charge in [-0.2, -0.15) is 0 Å². The number of ether oxygens (including phenoxy) is 2. The predicted octanol–water partition coefficient (Wildman–Crippen LogP) is 10.3. The van der Waals surface area contributed by atoms with Crippen LogP contribution in [0.15, 0.2) is 76.7 Å². The Labute approximate surface area is 240 Å². The van der Waals surface area contributed by atoms with Crippen molar-refractivity contribution in [3.8, 4) is 11.5 Å². The smallest absolute Gasteiger partial charge is 0.119 e. The summed E-state index contributed by atoms with van der Waals surface area (Å²) in [6.45, 7) is 10.5. The van der Waals surface area contributed by atoms with Crippen molar-refractivity contribution < 1.29 is 9.47 Å². The van der Waals surface area contributed by atoms with Crippen molar-refractivity contribution in [3.05, 3.63) is 82.9 Å². The van der Waals surface area contributed by atoms with Gasteiger partial charge in [0.1, 0.15) is 11.5 Å². The molecule has 5 heteroatoms. The molecule has 39 heavy (non-hydrogen) atoms. The van der Waals surface area contributed by atoms with Gasteiger partial charge in [0.2, 0.25) is 0 Å². The number of nitrogens with zero attached hydrogens (tertiary/aromatic N) is 2. The van der Waals surface area contributed by atoms with Crippen molar-refractivity contribution in [2.45, 2.75) is 66.2 Å². The normalized spacial score (nSPS) is 13.2. The van der Waals surface area contributed by atoms with Crippen molar-refractivity contribution in [2.24, 2.45) is 21.8 Å². The second-order valence-electron chi connectivity index (χ2n) is 10.3. The van der Waals surface area contributed by atoms with E-state index >= 15 is 0 Å². The molecule has 0 aliphatic rings. The first-order valence-corrected chi connectivity index (χ1v) is 14.7. The van der Waals surface area contributed by atoms with Crippen molar-refractivity contribution >= 4 is 35.4 Å². The molecule has 3 aromatic carbocycles. The highest BCUT2D eigenvalue weighted by atomic mass is 35.5. The minimum absolute atomic E-state index is 0.559. The van der Waals surface area contributed by atoms with Gasteiger partial charge in [-0.1, -0.05) is 52.1 Å². The van der Waals surface area contributed by atoms with Gasteiger partial charge in [0.05, 0.1) is 29.6 Å². The van der Waals surface area contributed by atoms with Gasteiger partial charge in [0.15, 0.2) is 0 Å². The molecule has 208 valence electrons. The Morgan fingerprint density at radius 1 is 0.692 bits per heavy atom. The lowest BCUT2D eigenvalue weighted by molar-refractivity contribution is 0.294. The van der Waals surface area contributed by atoms with Gasteiger partial charge in [0.25, 0.3) is 0 Å². The summed E-state index contributed by atoms with van der Waals surface area (Å²) < 4.78 is 11.7. The van der Waals surface area contributed by atoms with Gasteiger partial charge in [-0.3, -0.25) is 9.98 Å². The van der Waals surface area contributed by atoms with Crippen molar-refractivity contribution in [2.75, 3.05) is 13.2 Å². The van der Waals surface area contributed by atoms with E-state index in [2.05, 4.69) is 37.7 Å². The van der Waals surface area contributed by atoms with E-state index in [1.165, 1.54) is 25.7 Å². The molecule has 0 N–H and O–H groups in total. The van der Waals surface area contributed by atoms with Crippen molar-refractivity contribution in [1.82, 2.24) is 0 Å².